The van der Waals surface area contributed by atoms with E-state index < -0.39 is 0 Å². The number of aromatic nitrogens is 3. The van der Waals surface area contributed by atoms with Gasteiger partial charge >= 0.3 is 0 Å². The Hall–Kier alpha value is -2.89. The Balaban J connectivity index is 1.22. The lowest BCUT2D eigenvalue weighted by atomic mass is 9.86. The van der Waals surface area contributed by atoms with Crippen molar-refractivity contribution in [2.45, 2.75) is 50.8 Å². The molecule has 1 aromatic heterocycles. The van der Waals surface area contributed by atoms with Gasteiger partial charge in [-0.25, -0.2) is 0 Å². The predicted octanol–water partition coefficient (Wildman–Crippen LogP) is 5.78. The maximum atomic E-state index is 6.47. The summed E-state index contributed by atoms with van der Waals surface area (Å²) < 4.78 is 8.72. The Kier molecular flexibility index (Phi) is 5.08. The van der Waals surface area contributed by atoms with Gasteiger partial charge in [-0.05, 0) is 60.9 Å². The second-order valence-electron chi connectivity index (χ2n) is 8.76. The highest BCUT2D eigenvalue weighted by Crippen LogP contribution is 2.37. The number of fused-ring (bicyclic) bond motifs is 4. The zero-order chi connectivity index (χ0) is 21.5. The molecule has 0 saturated heterocycles. The fourth-order valence-electron chi connectivity index (χ4n) is 5.11. The summed E-state index contributed by atoms with van der Waals surface area (Å²) in [5.74, 6) is 3.40. The van der Waals surface area contributed by atoms with Gasteiger partial charge in [0.25, 0.3) is 0 Å². The first-order valence-electron chi connectivity index (χ1n) is 11.3. The predicted molar refractivity (Wildman–Crippen MR) is 126 cm³/mol. The van der Waals surface area contributed by atoms with E-state index in [0.29, 0.717) is 12.5 Å². The summed E-state index contributed by atoms with van der Waals surface area (Å²) in [6, 6.07) is 20.8. The monoisotopic (exact) mass is 444 g/mol. The Labute approximate surface area is 192 Å². The first-order chi connectivity index (χ1) is 15.8. The molecule has 6 rings (SSSR count). The Morgan fingerprint density at radius 1 is 0.906 bits per heavy atom. The quantitative estimate of drug-likeness (QED) is 0.435. The van der Waals surface area contributed by atoms with Crippen LogP contribution in [0, 0.1) is 0 Å². The molecule has 0 radical (unpaired) electrons. The molecular weight excluding hydrogens is 420 g/mol. The van der Waals surface area contributed by atoms with Crippen LogP contribution in [0.2, 0.25) is 5.02 Å². The molecule has 32 heavy (non-hydrogen) atoms. The average Bonchev–Trinajstić information content (AvgIpc) is 3.15. The number of rotatable bonds is 3. The second kappa shape index (κ2) is 8.23. The molecule has 1 N–H and O–H groups in total. The number of hydrogen-bond donors (Lipinski definition) is 1. The van der Waals surface area contributed by atoms with Crippen molar-refractivity contribution < 1.29 is 4.74 Å². The summed E-state index contributed by atoms with van der Waals surface area (Å²) in [5.41, 5.74) is 2.33. The summed E-state index contributed by atoms with van der Waals surface area (Å²) in [6.07, 6.45) is 4.36. The Morgan fingerprint density at radius 3 is 2.66 bits per heavy atom. The lowest BCUT2D eigenvalue weighted by Gasteiger charge is -2.29. The molecule has 2 aliphatic rings. The van der Waals surface area contributed by atoms with Gasteiger partial charge in [0.1, 0.15) is 11.6 Å². The molecule has 4 aromatic rings. The standard InChI is InChI=1S/C26H25ClN4O/c27-20-10-13-23-19(14-20)15-28-16-25-29-30-26(31(23)25)18-8-11-21(12-9-18)32-24-7-3-5-17-4-1-2-6-22(17)24/h1-7,10,13-14,18,21,28H,8-9,11-12,15-16H2/t18-,21-. The van der Waals surface area contributed by atoms with Crippen molar-refractivity contribution in [3.63, 3.8) is 0 Å². The first-order valence-corrected chi connectivity index (χ1v) is 11.7. The van der Waals surface area contributed by atoms with Crippen LogP contribution in [0.4, 0.5) is 0 Å². The zero-order valence-electron chi connectivity index (χ0n) is 17.8. The van der Waals surface area contributed by atoms with Gasteiger partial charge in [0, 0.05) is 22.9 Å². The van der Waals surface area contributed by atoms with E-state index in [4.69, 9.17) is 16.3 Å². The van der Waals surface area contributed by atoms with E-state index in [-0.39, 0.29) is 6.10 Å². The van der Waals surface area contributed by atoms with E-state index in [1.54, 1.807) is 0 Å². The van der Waals surface area contributed by atoms with Gasteiger partial charge in [0.05, 0.1) is 18.3 Å². The van der Waals surface area contributed by atoms with Crippen molar-refractivity contribution in [3.8, 4) is 11.4 Å². The number of nitrogens with zero attached hydrogens (tertiary/aromatic N) is 3. The fourth-order valence-corrected chi connectivity index (χ4v) is 5.31. The van der Waals surface area contributed by atoms with Crippen molar-refractivity contribution in [2.75, 3.05) is 0 Å². The number of ether oxygens (including phenoxy) is 1. The van der Waals surface area contributed by atoms with E-state index >= 15 is 0 Å². The molecule has 1 fully saturated rings. The van der Waals surface area contributed by atoms with Crippen LogP contribution in [0.3, 0.4) is 0 Å². The maximum absolute atomic E-state index is 6.47. The summed E-state index contributed by atoms with van der Waals surface area (Å²) >= 11 is 6.26. The molecule has 3 aromatic carbocycles. The minimum Gasteiger partial charge on any atom is -0.490 e. The third-order valence-corrected chi connectivity index (χ3v) is 6.95. The highest BCUT2D eigenvalue weighted by Gasteiger charge is 2.30. The Bertz CT molecular complexity index is 1270. The minimum absolute atomic E-state index is 0.233. The third kappa shape index (κ3) is 3.55. The van der Waals surface area contributed by atoms with Gasteiger partial charge in [0.15, 0.2) is 5.82 Å². The van der Waals surface area contributed by atoms with Crippen molar-refractivity contribution in [1.82, 2.24) is 20.1 Å². The molecule has 0 spiro atoms. The van der Waals surface area contributed by atoms with Gasteiger partial charge in [-0.1, -0.05) is 48.0 Å². The van der Waals surface area contributed by atoms with Gasteiger partial charge in [-0.2, -0.15) is 0 Å². The SMILES string of the molecule is Clc1ccc2c(c1)CNCc1nnc([C@H]3CC[C@H](Oc4cccc5ccccc45)CC3)n1-2. The van der Waals surface area contributed by atoms with E-state index in [1.165, 1.54) is 16.3 Å². The molecule has 1 aliphatic heterocycles. The van der Waals surface area contributed by atoms with Gasteiger partial charge in [0.2, 0.25) is 0 Å². The van der Waals surface area contributed by atoms with Crippen LogP contribution in [0.1, 0.15) is 48.8 Å². The molecule has 1 saturated carbocycles. The van der Waals surface area contributed by atoms with E-state index in [1.807, 2.05) is 12.1 Å². The highest BCUT2D eigenvalue weighted by molar-refractivity contribution is 6.30. The van der Waals surface area contributed by atoms with Crippen LogP contribution >= 0.6 is 11.6 Å². The van der Waals surface area contributed by atoms with Crippen LogP contribution in [-0.4, -0.2) is 20.9 Å². The van der Waals surface area contributed by atoms with Crippen LogP contribution in [0.15, 0.2) is 60.7 Å². The van der Waals surface area contributed by atoms with Crippen molar-refractivity contribution in [1.29, 1.82) is 0 Å². The normalized spacial score (nSPS) is 20.4. The topological polar surface area (TPSA) is 52.0 Å². The van der Waals surface area contributed by atoms with E-state index in [0.717, 1.165) is 60.3 Å². The van der Waals surface area contributed by atoms with E-state index in [9.17, 15) is 0 Å². The lowest BCUT2D eigenvalue weighted by Crippen LogP contribution is -2.25. The largest absolute Gasteiger partial charge is 0.490 e. The van der Waals surface area contributed by atoms with Gasteiger partial charge in [-0.15, -0.1) is 10.2 Å². The highest BCUT2D eigenvalue weighted by atomic mass is 35.5. The average molecular weight is 445 g/mol. The number of hydrogen-bond acceptors (Lipinski definition) is 4. The molecule has 1 aliphatic carbocycles. The van der Waals surface area contributed by atoms with Crippen LogP contribution in [0.25, 0.3) is 16.5 Å². The Morgan fingerprint density at radius 2 is 1.75 bits per heavy atom. The van der Waals surface area contributed by atoms with Crippen molar-refractivity contribution in [3.05, 3.63) is 82.9 Å². The van der Waals surface area contributed by atoms with E-state index in [2.05, 4.69) is 68.6 Å². The second-order valence-corrected chi connectivity index (χ2v) is 9.19. The summed E-state index contributed by atoms with van der Waals surface area (Å²) in [5, 5.41) is 15.8. The molecule has 5 nitrogen and oxygen atoms in total. The lowest BCUT2D eigenvalue weighted by molar-refractivity contribution is 0.146. The summed E-state index contributed by atoms with van der Waals surface area (Å²) in [7, 11) is 0. The third-order valence-electron chi connectivity index (χ3n) is 6.72. The zero-order valence-corrected chi connectivity index (χ0v) is 18.6. The first kappa shape index (κ1) is 19.8. The van der Waals surface area contributed by atoms with Gasteiger partial charge in [-0.3, -0.25) is 4.57 Å². The van der Waals surface area contributed by atoms with Crippen LogP contribution in [0.5, 0.6) is 5.75 Å². The molecular formula is C26H25ClN4O. The summed E-state index contributed by atoms with van der Waals surface area (Å²) in [6.45, 7) is 1.49. The van der Waals surface area contributed by atoms with Gasteiger partial charge < -0.3 is 10.1 Å². The molecule has 6 heteroatoms. The molecule has 0 amide bonds. The molecule has 162 valence electrons. The molecule has 0 unspecified atom stereocenters. The molecule has 2 heterocycles. The number of halogens is 1. The summed E-state index contributed by atoms with van der Waals surface area (Å²) in [4.78, 5) is 0. The number of benzene rings is 3. The number of nitrogens with one attached hydrogen (secondary N) is 1. The maximum Gasteiger partial charge on any atom is 0.151 e. The molecule has 0 atom stereocenters. The van der Waals surface area contributed by atoms with Crippen molar-refractivity contribution >= 4 is 22.4 Å². The fraction of sp³-hybridized carbons (Fsp3) is 0.308. The van der Waals surface area contributed by atoms with Crippen LogP contribution in [-0.2, 0) is 13.1 Å². The smallest absolute Gasteiger partial charge is 0.151 e. The minimum atomic E-state index is 0.233. The van der Waals surface area contributed by atoms with Crippen molar-refractivity contribution in [2.24, 2.45) is 0 Å². The van der Waals surface area contributed by atoms with Crippen LogP contribution < -0.4 is 10.1 Å². The molecule has 0 bridgehead atoms.